The van der Waals surface area contributed by atoms with Gasteiger partial charge in [-0.05, 0) is 50.3 Å². The van der Waals surface area contributed by atoms with Gasteiger partial charge in [-0.1, -0.05) is 18.7 Å². The fourth-order valence-electron chi connectivity index (χ4n) is 1.79. The highest BCUT2D eigenvalue weighted by Gasteiger charge is 2.10. The molecule has 0 amide bonds. The molecule has 3 N–H and O–H groups in total. The van der Waals surface area contributed by atoms with Crippen molar-refractivity contribution < 1.29 is 0 Å². The summed E-state index contributed by atoms with van der Waals surface area (Å²) in [7, 11) is 0. The number of allylic oxidation sites excluding steroid dienone is 2. The molecule has 0 radical (unpaired) electrons. The molecule has 3 heteroatoms. The Morgan fingerprint density at radius 2 is 2.06 bits per heavy atom. The van der Waals surface area contributed by atoms with E-state index < -0.39 is 0 Å². The third-order valence-corrected chi connectivity index (χ3v) is 3.94. The molecular formula is C14H26N2S. The van der Waals surface area contributed by atoms with Crippen LogP contribution in [0.5, 0.6) is 0 Å². The molecule has 0 aliphatic carbocycles. The van der Waals surface area contributed by atoms with Crippen molar-refractivity contribution in [3.63, 3.8) is 0 Å². The van der Waals surface area contributed by atoms with Gasteiger partial charge in [0, 0.05) is 11.8 Å². The van der Waals surface area contributed by atoms with Crippen LogP contribution in [0.25, 0.3) is 0 Å². The molecule has 0 spiro atoms. The minimum atomic E-state index is 0.541. The maximum atomic E-state index is 5.46. The van der Waals surface area contributed by atoms with E-state index in [1.54, 1.807) is 12.4 Å². The zero-order valence-corrected chi connectivity index (χ0v) is 11.7. The SMILES string of the molecule is C=CCC(/C=C\N)CCC(CCNC=C)SC. The fraction of sp³-hybridized carbons (Fsp3) is 0.571. The van der Waals surface area contributed by atoms with Crippen molar-refractivity contribution in [1.29, 1.82) is 0 Å². The lowest BCUT2D eigenvalue weighted by molar-refractivity contribution is 0.541. The van der Waals surface area contributed by atoms with Crippen molar-refractivity contribution in [2.75, 3.05) is 12.8 Å². The first-order chi connectivity index (χ1) is 8.28. The minimum Gasteiger partial charge on any atom is -0.405 e. The van der Waals surface area contributed by atoms with Gasteiger partial charge in [-0.25, -0.2) is 0 Å². The summed E-state index contributed by atoms with van der Waals surface area (Å²) >= 11 is 1.94. The molecule has 98 valence electrons. The van der Waals surface area contributed by atoms with E-state index in [2.05, 4.69) is 30.8 Å². The molecule has 0 aliphatic heterocycles. The Hall–Kier alpha value is -0.830. The highest BCUT2D eigenvalue weighted by atomic mass is 32.2. The summed E-state index contributed by atoms with van der Waals surface area (Å²) in [6.45, 7) is 8.45. The van der Waals surface area contributed by atoms with E-state index in [9.17, 15) is 0 Å². The highest BCUT2D eigenvalue weighted by Crippen LogP contribution is 2.22. The van der Waals surface area contributed by atoms with Crippen molar-refractivity contribution in [2.45, 2.75) is 30.9 Å². The fourth-order valence-corrected chi connectivity index (χ4v) is 2.52. The third-order valence-electron chi connectivity index (χ3n) is 2.80. The Bertz CT molecular complexity index is 226. The maximum absolute atomic E-state index is 5.46. The number of hydrogen-bond acceptors (Lipinski definition) is 3. The van der Waals surface area contributed by atoms with Gasteiger partial charge in [-0.2, -0.15) is 11.8 Å². The number of nitrogens with two attached hydrogens (primary N) is 1. The van der Waals surface area contributed by atoms with Crippen LogP contribution < -0.4 is 11.1 Å². The van der Waals surface area contributed by atoms with Crippen LogP contribution in [0.2, 0.25) is 0 Å². The number of hydrogen-bond donors (Lipinski definition) is 2. The Morgan fingerprint density at radius 1 is 1.29 bits per heavy atom. The molecule has 0 fully saturated rings. The molecule has 0 bridgehead atoms. The predicted molar refractivity (Wildman–Crippen MR) is 81.0 cm³/mol. The Morgan fingerprint density at radius 3 is 2.59 bits per heavy atom. The first-order valence-corrected chi connectivity index (χ1v) is 7.43. The van der Waals surface area contributed by atoms with Crippen LogP contribution in [0.15, 0.2) is 37.7 Å². The van der Waals surface area contributed by atoms with Gasteiger partial charge in [0.05, 0.1) is 0 Å². The van der Waals surface area contributed by atoms with Crippen LogP contribution in [-0.4, -0.2) is 18.1 Å². The van der Waals surface area contributed by atoms with Crippen LogP contribution >= 0.6 is 11.8 Å². The molecule has 0 heterocycles. The molecule has 0 aromatic heterocycles. The Balaban J connectivity index is 3.91. The van der Waals surface area contributed by atoms with Crippen molar-refractivity contribution >= 4 is 11.8 Å². The van der Waals surface area contributed by atoms with Crippen LogP contribution in [0, 0.1) is 5.92 Å². The van der Waals surface area contributed by atoms with E-state index in [0.29, 0.717) is 11.2 Å². The van der Waals surface area contributed by atoms with Crippen LogP contribution in [-0.2, 0) is 0 Å². The molecule has 17 heavy (non-hydrogen) atoms. The number of rotatable bonds is 11. The van der Waals surface area contributed by atoms with Crippen molar-refractivity contribution in [1.82, 2.24) is 5.32 Å². The van der Waals surface area contributed by atoms with Crippen LogP contribution in [0.3, 0.4) is 0 Å². The lowest BCUT2D eigenvalue weighted by atomic mass is 9.97. The van der Waals surface area contributed by atoms with Gasteiger partial charge in [-0.15, -0.1) is 6.58 Å². The van der Waals surface area contributed by atoms with E-state index >= 15 is 0 Å². The average Bonchev–Trinajstić information content (AvgIpc) is 2.34. The molecule has 2 atom stereocenters. The summed E-state index contributed by atoms with van der Waals surface area (Å²) in [5.41, 5.74) is 5.46. The second-order valence-corrected chi connectivity index (χ2v) is 5.19. The van der Waals surface area contributed by atoms with E-state index in [1.165, 1.54) is 19.3 Å². The lowest BCUT2D eigenvalue weighted by Crippen LogP contribution is -2.14. The third kappa shape index (κ3) is 8.93. The summed E-state index contributed by atoms with van der Waals surface area (Å²) in [5.74, 6) is 0.541. The van der Waals surface area contributed by atoms with Gasteiger partial charge in [0.1, 0.15) is 0 Å². The van der Waals surface area contributed by atoms with E-state index in [1.807, 2.05) is 17.8 Å². The predicted octanol–water partition coefficient (Wildman–Crippen LogP) is 3.29. The quantitative estimate of drug-likeness (QED) is 0.439. The smallest absolute Gasteiger partial charge is 0.0151 e. The second-order valence-electron chi connectivity index (χ2n) is 4.05. The van der Waals surface area contributed by atoms with E-state index in [-0.39, 0.29) is 0 Å². The van der Waals surface area contributed by atoms with Crippen LogP contribution in [0.4, 0.5) is 0 Å². The summed E-state index contributed by atoms with van der Waals surface area (Å²) < 4.78 is 0. The number of thioether (sulfide) groups is 1. The highest BCUT2D eigenvalue weighted by molar-refractivity contribution is 7.99. The molecule has 2 nitrogen and oxygen atoms in total. The van der Waals surface area contributed by atoms with Gasteiger partial charge in [0.2, 0.25) is 0 Å². The lowest BCUT2D eigenvalue weighted by Gasteiger charge is -2.17. The first kappa shape index (κ1) is 16.2. The Kier molecular flexibility index (Phi) is 11.1. The maximum Gasteiger partial charge on any atom is 0.0151 e. The molecule has 0 aromatic carbocycles. The molecule has 2 unspecified atom stereocenters. The van der Waals surface area contributed by atoms with E-state index in [4.69, 9.17) is 5.73 Å². The van der Waals surface area contributed by atoms with Crippen molar-refractivity contribution in [3.05, 3.63) is 37.7 Å². The van der Waals surface area contributed by atoms with Crippen LogP contribution in [0.1, 0.15) is 25.7 Å². The molecular weight excluding hydrogens is 228 g/mol. The van der Waals surface area contributed by atoms with Gasteiger partial charge < -0.3 is 11.1 Å². The van der Waals surface area contributed by atoms with Crippen molar-refractivity contribution in [2.24, 2.45) is 11.7 Å². The van der Waals surface area contributed by atoms with Gasteiger partial charge in [0.15, 0.2) is 0 Å². The van der Waals surface area contributed by atoms with Crippen molar-refractivity contribution in [3.8, 4) is 0 Å². The summed E-state index contributed by atoms with van der Waals surface area (Å²) in [6.07, 6.45) is 14.2. The first-order valence-electron chi connectivity index (χ1n) is 6.14. The summed E-state index contributed by atoms with van der Waals surface area (Å²) in [6, 6.07) is 0. The van der Waals surface area contributed by atoms with E-state index in [0.717, 1.165) is 13.0 Å². The van der Waals surface area contributed by atoms with Gasteiger partial charge in [-0.3, -0.25) is 0 Å². The zero-order chi connectivity index (χ0) is 12.9. The largest absolute Gasteiger partial charge is 0.405 e. The topological polar surface area (TPSA) is 38.0 Å². The monoisotopic (exact) mass is 254 g/mol. The molecule has 0 saturated carbocycles. The zero-order valence-electron chi connectivity index (χ0n) is 10.9. The average molecular weight is 254 g/mol. The molecule has 0 aromatic rings. The molecule has 0 aliphatic rings. The second kappa shape index (κ2) is 11.6. The normalized spacial score (nSPS) is 14.4. The minimum absolute atomic E-state index is 0.541. The summed E-state index contributed by atoms with van der Waals surface area (Å²) in [4.78, 5) is 0. The molecule has 0 rings (SSSR count). The molecule has 0 saturated heterocycles. The summed E-state index contributed by atoms with van der Waals surface area (Å²) in [5, 5.41) is 3.86. The van der Waals surface area contributed by atoms with Gasteiger partial charge in [0.25, 0.3) is 0 Å². The standard InChI is InChI=1S/C14H26N2S/c1-4-6-13(9-11-15)7-8-14(17-3)10-12-16-5-2/h4-5,9,11,13-14,16H,1-2,6-8,10,12,15H2,3H3/b11-9-. The van der Waals surface area contributed by atoms with Gasteiger partial charge >= 0.3 is 0 Å². The number of nitrogens with one attached hydrogen (secondary N) is 1. The Labute approximate surface area is 110 Å².